The Balaban J connectivity index is 0.000000806. The molecule has 0 aromatic heterocycles. The lowest BCUT2D eigenvalue weighted by molar-refractivity contribution is 0.0502. The number of phenols is 2. The molecule has 0 aliphatic heterocycles. The molecule has 10 rings (SSSR count). The number of amides is 1. The number of hydrogen-bond acceptors (Lipinski definition) is 34. The molecule has 734 valence electrons. The van der Waals surface area contributed by atoms with E-state index in [4.69, 9.17) is 71.0 Å². The van der Waals surface area contributed by atoms with Gasteiger partial charge in [-0.1, -0.05) is 48.5 Å². The number of aliphatic hydroxyl groups is 1. The van der Waals surface area contributed by atoms with Gasteiger partial charge in [-0.2, -0.15) is 0 Å². The molecule has 35 nitrogen and oxygen atoms in total. The van der Waals surface area contributed by atoms with Crippen LogP contribution in [0.3, 0.4) is 0 Å². The standard InChI is InChI=1S/C18H22NO6PS.C18H21O7PS.C17H18O7S.C15H14O6S.C10H12O5.C7H7Br.C3H9O2P.CH5N.2CH4/c1-12(11-23-26)24-15-8-13(18(20)19-2)9-16(10-15)25-14-4-6-17(7-5-14)27(3,21)22;1-12(11-23-26)24-15-8-13(18(19)22-2)9-16(10-15)25-14-4-6-17(7-5-14)27(3,20)21;1-21-11-23-14-8-12(17(18)22-2)9-15(10-14)24-13-4-6-16(7-5-13)25(3,19)20;1-20-15(17)10-7-11(16)9-13(8-10)21-12-3-5-14(6-4-12)22(2,18)19;1-13-6-15-9-4-7(10(12)14-2)3-8(11)5-9;1-6-2-4-7(8)5-3-6;1-3(4)2-5-6;1-2;;/h4-10,12H,11,26H2,1-3H3,(H,19,20);4-10,12H,11,26H2,1-3H3;4-10H,11H2,1-3H3;3-9,16H,1-2H3;3-5,11H,6H2,1-2H3;2-5H,1H3;3-4H,2,6H2,1H3;2H2,1H3;2*1H4/t2*12-;;;;;3-;;;/m00....1.../s1. The zero-order valence-corrected chi connectivity index (χ0v) is 83.2. The average molecular weight is 2070 g/mol. The van der Waals surface area contributed by atoms with Gasteiger partial charge < -0.3 is 106 Å². The summed E-state index contributed by atoms with van der Waals surface area (Å²) in [5, 5.41) is 29.9. The highest BCUT2D eigenvalue weighted by Crippen LogP contribution is 2.35. The van der Waals surface area contributed by atoms with Crippen LogP contribution in [0.5, 0.6) is 80.5 Å². The third-order valence-electron chi connectivity index (χ3n) is 15.9. The number of nitrogens with one attached hydrogen (secondary N) is 1. The van der Waals surface area contributed by atoms with E-state index in [-0.39, 0.29) is 112 Å². The van der Waals surface area contributed by atoms with Crippen molar-refractivity contribution < 1.29 is 153 Å². The Kier molecular flexibility index (Phi) is 55.6. The Labute approximate surface area is 798 Å². The predicted octanol–water partition coefficient (Wildman–Crippen LogP) is 16.0. The van der Waals surface area contributed by atoms with Gasteiger partial charge in [0, 0.05) is 115 Å². The number of halogens is 1. The van der Waals surface area contributed by atoms with E-state index in [0.717, 1.165) is 29.5 Å². The van der Waals surface area contributed by atoms with Crippen molar-refractivity contribution in [3.8, 4) is 80.5 Å². The number of esters is 4. The van der Waals surface area contributed by atoms with Crippen molar-refractivity contribution in [3.63, 3.8) is 0 Å². The summed E-state index contributed by atoms with van der Waals surface area (Å²) in [4.78, 5) is 59.1. The first-order valence-corrected chi connectivity index (χ1v) is 48.2. The number of carbonyl (C=O) groups excluding carboxylic acids is 5. The molecule has 10 aromatic carbocycles. The van der Waals surface area contributed by atoms with Gasteiger partial charge in [-0.15, -0.1) is 0 Å². The highest BCUT2D eigenvalue weighted by atomic mass is 79.9. The Morgan fingerprint density at radius 2 is 0.612 bits per heavy atom. The number of sulfone groups is 4. The number of benzene rings is 10. The molecule has 0 aliphatic rings. The minimum Gasteiger partial charge on any atom is -0.508 e. The molecule has 3 unspecified atom stereocenters. The quantitative estimate of drug-likeness (QED) is 0.0110. The Hall–Kier alpha value is -11.2. The molecule has 134 heavy (non-hydrogen) atoms. The summed E-state index contributed by atoms with van der Waals surface area (Å²) in [6, 6.07) is 54.2. The Morgan fingerprint density at radius 1 is 0.366 bits per heavy atom. The second kappa shape index (κ2) is 61.7. The maximum atomic E-state index is 12.0. The van der Waals surface area contributed by atoms with Crippen LogP contribution in [0.1, 0.15) is 93.0 Å². The van der Waals surface area contributed by atoms with Gasteiger partial charge in [0.15, 0.2) is 52.9 Å². The number of ether oxygens (including phenoxy) is 14. The van der Waals surface area contributed by atoms with E-state index in [1.54, 1.807) is 55.5 Å². The zero-order chi connectivity index (χ0) is 99.1. The van der Waals surface area contributed by atoms with Gasteiger partial charge in [-0.3, -0.25) is 4.79 Å². The van der Waals surface area contributed by atoms with Crippen LogP contribution in [0.25, 0.3) is 0 Å². The maximum Gasteiger partial charge on any atom is 0.338 e. The molecule has 1 amide bonds. The Morgan fingerprint density at radius 3 is 0.866 bits per heavy atom. The first-order valence-electron chi connectivity index (χ1n) is 38.4. The summed E-state index contributed by atoms with van der Waals surface area (Å²) < 4.78 is 180. The van der Waals surface area contributed by atoms with E-state index in [9.17, 15) is 67.9 Å². The number of aliphatic hydroxyl groups excluding tert-OH is 1. The first kappa shape index (κ1) is 121. The van der Waals surface area contributed by atoms with Crippen LogP contribution in [0.2, 0.25) is 0 Å². The van der Waals surface area contributed by atoms with Gasteiger partial charge in [0.25, 0.3) is 5.91 Å². The molecule has 6 N–H and O–H groups in total. The van der Waals surface area contributed by atoms with Gasteiger partial charge in [0.2, 0.25) is 0 Å². The van der Waals surface area contributed by atoms with Crippen molar-refractivity contribution in [2.24, 2.45) is 5.73 Å². The van der Waals surface area contributed by atoms with Gasteiger partial charge in [0.05, 0.1) is 96.2 Å². The van der Waals surface area contributed by atoms with Crippen molar-refractivity contribution in [3.05, 3.63) is 250 Å². The number of nitrogens with two attached hydrogens (primary N) is 1. The van der Waals surface area contributed by atoms with Crippen molar-refractivity contribution in [2.75, 3.05) is 115 Å². The Bertz CT molecular complexity index is 5620. The SMILES string of the molecule is C.C.CN.CNC(=O)c1cc(Oc2ccc(S(C)(=O)=O)cc2)cc(O[C@@H](C)COP)c1.COC(=O)c1cc(O)cc(Oc2ccc(S(C)(=O)=O)cc2)c1.COC(=O)c1cc(Oc2ccc(S(C)(=O)=O)cc2)cc(O[C@@H](C)COP)c1.COCOc1cc(O)cc(C(=O)OC)c1.COCOc1cc(Oc2ccc(S(C)(=O)=O)cc2)cc(C(=O)OC)c1.C[C@@H](O)COP.Cc1ccc(Br)cc1. The average Bonchev–Trinajstić information content (AvgIpc) is 0.838. The summed E-state index contributed by atoms with van der Waals surface area (Å²) in [6.45, 7) is 8.55. The summed E-state index contributed by atoms with van der Waals surface area (Å²) in [5.41, 5.74) is 7.05. The second-order valence-corrected chi connectivity index (χ2v) is 37.0. The number of phenolic OH excluding ortho intramolecular Hbond substituents is 2. The van der Waals surface area contributed by atoms with Gasteiger partial charge in [-0.25, -0.2) is 52.8 Å². The normalized spacial score (nSPS) is 11.1. The predicted molar refractivity (Wildman–Crippen MR) is 519 cm³/mol. The van der Waals surface area contributed by atoms with Gasteiger partial charge in [0.1, 0.15) is 92.7 Å². The van der Waals surface area contributed by atoms with Gasteiger partial charge >= 0.3 is 23.9 Å². The van der Waals surface area contributed by atoms with Crippen LogP contribution in [0.15, 0.2) is 236 Å². The molecule has 0 bridgehead atoms. The minimum atomic E-state index is -3.29. The lowest BCUT2D eigenvalue weighted by Crippen LogP contribution is -2.19. The second-order valence-electron chi connectivity index (χ2n) is 27.0. The zero-order valence-electron chi connectivity index (χ0n) is 74.9. The van der Waals surface area contributed by atoms with Crippen LogP contribution >= 0.6 is 44.3 Å². The van der Waals surface area contributed by atoms with Crippen molar-refractivity contribution in [2.45, 2.75) is 80.4 Å². The number of carbonyl (C=O) groups is 5. The van der Waals surface area contributed by atoms with Crippen LogP contribution in [-0.4, -0.2) is 212 Å². The molecular formula is C91H116BrN2O33P3S4. The highest BCUT2D eigenvalue weighted by molar-refractivity contribution is 9.10. The number of rotatable bonds is 33. The topological polar surface area (TPSA) is 478 Å². The molecule has 0 saturated heterocycles. The molecule has 43 heteroatoms. The monoisotopic (exact) mass is 2060 g/mol. The van der Waals surface area contributed by atoms with Crippen LogP contribution < -0.4 is 48.9 Å². The van der Waals surface area contributed by atoms with E-state index in [2.05, 4.69) is 88.4 Å². The van der Waals surface area contributed by atoms with Crippen molar-refractivity contribution >= 4 is 113 Å². The maximum absolute atomic E-state index is 12.0. The summed E-state index contributed by atoms with van der Waals surface area (Å²) in [5.74, 6) is 1.79. The van der Waals surface area contributed by atoms with Gasteiger partial charge in [-0.05, 0) is 205 Å². The first-order chi connectivity index (χ1) is 62.3. The molecule has 0 radical (unpaired) electrons. The van der Waals surface area contributed by atoms with E-state index >= 15 is 0 Å². The number of aromatic hydroxyl groups is 2. The van der Waals surface area contributed by atoms with Crippen LogP contribution in [0, 0.1) is 6.92 Å². The molecule has 0 spiro atoms. The molecular weight excluding hydrogens is 1950 g/mol. The largest absolute Gasteiger partial charge is 0.508 e. The summed E-state index contributed by atoms with van der Waals surface area (Å²) in [7, 11) is 4.28. The summed E-state index contributed by atoms with van der Waals surface area (Å²) >= 11 is 3.35. The fourth-order valence-corrected chi connectivity index (χ4v) is 13.5. The third kappa shape index (κ3) is 46.2. The molecule has 6 atom stereocenters. The molecule has 0 saturated carbocycles. The summed E-state index contributed by atoms with van der Waals surface area (Å²) in [6.07, 6.45) is 3.68. The fourth-order valence-electron chi connectivity index (χ4n) is 9.93. The van der Waals surface area contributed by atoms with E-state index in [0.29, 0.717) is 88.6 Å². The number of hydrogen-bond donors (Lipinski definition) is 5. The van der Waals surface area contributed by atoms with Crippen LogP contribution in [0.4, 0.5) is 0 Å². The third-order valence-corrected chi connectivity index (χ3v) is 21.5. The molecule has 0 heterocycles. The highest BCUT2D eigenvalue weighted by Gasteiger charge is 2.20. The fraction of sp³-hybridized carbons (Fsp3) is 0.286. The molecule has 0 fully saturated rings. The van der Waals surface area contributed by atoms with E-state index < -0.39 is 63.2 Å². The molecule has 10 aromatic rings. The van der Waals surface area contributed by atoms with E-state index in [1.165, 1.54) is 202 Å². The molecule has 0 aliphatic carbocycles. The van der Waals surface area contributed by atoms with Crippen LogP contribution in [-0.2, 0) is 81.3 Å². The lowest BCUT2D eigenvalue weighted by Gasteiger charge is -2.16. The number of aryl methyl sites for hydroxylation is 1. The smallest absolute Gasteiger partial charge is 0.338 e. The lowest BCUT2D eigenvalue weighted by atomic mass is 10.2. The van der Waals surface area contributed by atoms with Crippen molar-refractivity contribution in [1.82, 2.24) is 5.32 Å². The number of methoxy groups -OCH3 is 6. The van der Waals surface area contributed by atoms with Crippen molar-refractivity contribution in [1.29, 1.82) is 0 Å². The van der Waals surface area contributed by atoms with E-state index in [1.807, 2.05) is 26.0 Å². The minimum absolute atomic E-state index is 0.